The quantitative estimate of drug-likeness (QED) is 0.451. The summed E-state index contributed by atoms with van der Waals surface area (Å²) in [6.07, 6.45) is 0. The molecule has 0 amide bonds. The minimum atomic E-state index is -0.638. The molecule has 15 heavy (non-hydrogen) atoms. The number of nitrogens with zero attached hydrogens (tertiary/aromatic N) is 2. The van der Waals surface area contributed by atoms with Crippen molar-refractivity contribution in [2.24, 2.45) is 0 Å². The number of anilines is 1. The van der Waals surface area contributed by atoms with Crippen LogP contribution in [0.25, 0.3) is 0 Å². The number of rotatable bonds is 3. The summed E-state index contributed by atoms with van der Waals surface area (Å²) in [6.45, 7) is 0. The molecule has 0 spiro atoms. The standard InChI is InChI=1S/C8H9N3O4/c1-9-7-6(11(13)14)4-3-5(10-7)8(12)15-2/h3-4H,1-2H3,(H,9,10). The van der Waals surface area contributed by atoms with Crippen molar-refractivity contribution in [3.63, 3.8) is 0 Å². The average molecular weight is 211 g/mol. The molecule has 0 unspecified atom stereocenters. The topological polar surface area (TPSA) is 94.4 Å². The highest BCUT2D eigenvalue weighted by atomic mass is 16.6. The van der Waals surface area contributed by atoms with E-state index in [0.717, 1.165) is 0 Å². The monoisotopic (exact) mass is 211 g/mol. The molecular formula is C8H9N3O4. The Morgan fingerprint density at radius 2 is 2.27 bits per heavy atom. The van der Waals surface area contributed by atoms with Gasteiger partial charge in [0.25, 0.3) is 0 Å². The Morgan fingerprint density at radius 1 is 1.60 bits per heavy atom. The van der Waals surface area contributed by atoms with E-state index in [-0.39, 0.29) is 17.2 Å². The predicted molar refractivity (Wildman–Crippen MR) is 51.8 cm³/mol. The van der Waals surface area contributed by atoms with Crippen LogP contribution in [0.3, 0.4) is 0 Å². The van der Waals surface area contributed by atoms with Gasteiger partial charge in [0, 0.05) is 13.1 Å². The van der Waals surface area contributed by atoms with Gasteiger partial charge in [-0.25, -0.2) is 9.78 Å². The van der Waals surface area contributed by atoms with Crippen molar-refractivity contribution in [3.8, 4) is 0 Å². The van der Waals surface area contributed by atoms with Gasteiger partial charge in [0.2, 0.25) is 5.82 Å². The van der Waals surface area contributed by atoms with Gasteiger partial charge in [-0.1, -0.05) is 0 Å². The number of aromatic nitrogens is 1. The molecule has 0 fully saturated rings. The Labute approximate surface area is 85.2 Å². The Kier molecular flexibility index (Phi) is 3.17. The summed E-state index contributed by atoms with van der Waals surface area (Å²) >= 11 is 0. The third kappa shape index (κ3) is 2.19. The second-order valence-electron chi connectivity index (χ2n) is 2.56. The zero-order valence-electron chi connectivity index (χ0n) is 8.18. The first-order valence-corrected chi connectivity index (χ1v) is 4.01. The molecule has 0 aliphatic heterocycles. The van der Waals surface area contributed by atoms with Crippen LogP contribution in [-0.2, 0) is 4.74 Å². The molecule has 0 bridgehead atoms. The Hall–Kier alpha value is -2.18. The van der Waals surface area contributed by atoms with Crippen LogP contribution in [0.1, 0.15) is 10.5 Å². The van der Waals surface area contributed by atoms with E-state index in [4.69, 9.17) is 0 Å². The van der Waals surface area contributed by atoms with E-state index in [1.807, 2.05) is 0 Å². The smallest absolute Gasteiger partial charge is 0.356 e. The summed E-state index contributed by atoms with van der Waals surface area (Å²) in [5.41, 5.74) is -0.169. The maximum Gasteiger partial charge on any atom is 0.356 e. The second-order valence-corrected chi connectivity index (χ2v) is 2.56. The first-order valence-electron chi connectivity index (χ1n) is 4.01. The number of esters is 1. The number of hydrogen-bond acceptors (Lipinski definition) is 6. The molecule has 0 aromatic carbocycles. The minimum absolute atomic E-state index is 0.0208. The van der Waals surface area contributed by atoms with E-state index in [1.54, 1.807) is 0 Å². The third-order valence-corrected chi connectivity index (χ3v) is 1.70. The fourth-order valence-corrected chi connectivity index (χ4v) is 1.00. The van der Waals surface area contributed by atoms with Crippen LogP contribution in [-0.4, -0.2) is 30.0 Å². The van der Waals surface area contributed by atoms with Crippen LogP contribution in [0, 0.1) is 10.1 Å². The van der Waals surface area contributed by atoms with E-state index < -0.39 is 10.9 Å². The summed E-state index contributed by atoms with van der Waals surface area (Å²) < 4.78 is 4.44. The first kappa shape index (κ1) is 10.9. The molecule has 1 aromatic heterocycles. The molecule has 0 aliphatic rings. The largest absolute Gasteiger partial charge is 0.464 e. The second kappa shape index (κ2) is 4.36. The highest BCUT2D eigenvalue weighted by Gasteiger charge is 2.17. The first-order chi connectivity index (χ1) is 7.10. The number of nitro groups is 1. The van der Waals surface area contributed by atoms with Crippen molar-refractivity contribution in [3.05, 3.63) is 27.9 Å². The fourth-order valence-electron chi connectivity index (χ4n) is 1.00. The molecule has 0 aliphatic carbocycles. The number of pyridine rings is 1. The molecule has 80 valence electrons. The number of methoxy groups -OCH3 is 1. The molecule has 1 rings (SSSR count). The number of carbonyl (C=O) groups excluding carboxylic acids is 1. The molecule has 1 N–H and O–H groups in total. The number of hydrogen-bond donors (Lipinski definition) is 1. The molecule has 0 atom stereocenters. The molecular weight excluding hydrogens is 202 g/mol. The van der Waals surface area contributed by atoms with E-state index in [1.165, 1.54) is 26.3 Å². The highest BCUT2D eigenvalue weighted by Crippen LogP contribution is 2.21. The van der Waals surface area contributed by atoms with Crippen molar-refractivity contribution in [1.82, 2.24) is 4.98 Å². The SMILES string of the molecule is CNc1nc(C(=O)OC)ccc1[N+](=O)[O-]. The van der Waals surface area contributed by atoms with Crippen LogP contribution in [0.5, 0.6) is 0 Å². The van der Waals surface area contributed by atoms with Gasteiger partial charge in [-0.3, -0.25) is 10.1 Å². The van der Waals surface area contributed by atoms with E-state index in [9.17, 15) is 14.9 Å². The Morgan fingerprint density at radius 3 is 2.73 bits per heavy atom. The zero-order valence-corrected chi connectivity index (χ0v) is 8.18. The molecule has 7 nitrogen and oxygen atoms in total. The van der Waals surface area contributed by atoms with E-state index >= 15 is 0 Å². The minimum Gasteiger partial charge on any atom is -0.464 e. The maximum atomic E-state index is 11.1. The molecule has 0 radical (unpaired) electrons. The highest BCUT2D eigenvalue weighted by molar-refractivity contribution is 5.88. The maximum absolute atomic E-state index is 11.1. The van der Waals surface area contributed by atoms with Gasteiger partial charge >= 0.3 is 11.7 Å². The Bertz CT molecular complexity index is 405. The van der Waals surface area contributed by atoms with Gasteiger partial charge in [-0.2, -0.15) is 0 Å². The van der Waals surface area contributed by atoms with E-state index in [2.05, 4.69) is 15.0 Å². The van der Waals surface area contributed by atoms with Gasteiger partial charge < -0.3 is 10.1 Å². The van der Waals surface area contributed by atoms with Gasteiger partial charge in [0.1, 0.15) is 0 Å². The van der Waals surface area contributed by atoms with Crippen LogP contribution >= 0.6 is 0 Å². The lowest BCUT2D eigenvalue weighted by Gasteiger charge is -2.03. The van der Waals surface area contributed by atoms with Crippen LogP contribution in [0.15, 0.2) is 12.1 Å². The fraction of sp³-hybridized carbons (Fsp3) is 0.250. The average Bonchev–Trinajstić information content (AvgIpc) is 2.26. The summed E-state index contributed by atoms with van der Waals surface area (Å²) in [5.74, 6) is -0.607. The van der Waals surface area contributed by atoms with Gasteiger partial charge in [0.05, 0.1) is 12.0 Å². The summed E-state index contributed by atoms with van der Waals surface area (Å²) in [6, 6.07) is 2.44. The van der Waals surface area contributed by atoms with Crippen molar-refractivity contribution in [1.29, 1.82) is 0 Å². The summed E-state index contributed by atoms with van der Waals surface area (Å²) in [7, 11) is 2.70. The summed E-state index contributed by atoms with van der Waals surface area (Å²) in [5, 5.41) is 13.1. The third-order valence-electron chi connectivity index (χ3n) is 1.70. The van der Waals surface area contributed by atoms with Gasteiger partial charge in [0.15, 0.2) is 5.69 Å². The molecule has 0 saturated carbocycles. The molecule has 1 heterocycles. The van der Waals surface area contributed by atoms with Crippen molar-refractivity contribution in [2.75, 3.05) is 19.5 Å². The lowest BCUT2D eigenvalue weighted by Crippen LogP contribution is -2.07. The molecule has 1 aromatic rings. The normalized spacial score (nSPS) is 9.47. The lowest BCUT2D eigenvalue weighted by molar-refractivity contribution is -0.384. The van der Waals surface area contributed by atoms with E-state index in [0.29, 0.717) is 0 Å². The van der Waals surface area contributed by atoms with Crippen LogP contribution in [0.2, 0.25) is 0 Å². The van der Waals surface area contributed by atoms with Crippen LogP contribution in [0.4, 0.5) is 11.5 Å². The summed E-state index contributed by atoms with van der Waals surface area (Å²) in [4.78, 5) is 24.8. The molecule has 0 saturated heterocycles. The van der Waals surface area contributed by atoms with Crippen molar-refractivity contribution in [2.45, 2.75) is 0 Å². The van der Waals surface area contributed by atoms with Gasteiger partial charge in [-0.15, -0.1) is 0 Å². The molecule has 7 heteroatoms. The number of carbonyl (C=O) groups is 1. The van der Waals surface area contributed by atoms with Crippen LogP contribution < -0.4 is 5.32 Å². The number of nitrogens with one attached hydrogen (secondary N) is 1. The lowest BCUT2D eigenvalue weighted by atomic mass is 10.3. The predicted octanol–water partition coefficient (Wildman–Crippen LogP) is 0.818. The van der Waals surface area contributed by atoms with Gasteiger partial charge in [-0.05, 0) is 6.07 Å². The zero-order chi connectivity index (χ0) is 11.4. The Balaban J connectivity index is 3.19. The number of ether oxygens (including phenoxy) is 1. The van der Waals surface area contributed by atoms with Crippen molar-refractivity contribution >= 4 is 17.5 Å². The van der Waals surface area contributed by atoms with Crippen molar-refractivity contribution < 1.29 is 14.5 Å².